The van der Waals surface area contributed by atoms with Crippen LogP contribution < -0.4 is 0 Å². The van der Waals surface area contributed by atoms with Crippen molar-refractivity contribution in [3.05, 3.63) is 77.4 Å². The van der Waals surface area contributed by atoms with Crippen LogP contribution in [0.2, 0.25) is 0 Å². The number of nitrogens with zero attached hydrogens (tertiary/aromatic N) is 4. The number of hydrogen-bond acceptors (Lipinski definition) is 3. The van der Waals surface area contributed by atoms with Gasteiger partial charge in [0.05, 0.1) is 11.7 Å². The summed E-state index contributed by atoms with van der Waals surface area (Å²) < 4.78 is 1.91. The summed E-state index contributed by atoms with van der Waals surface area (Å²) in [6.45, 7) is 4.92. The molecule has 0 aliphatic carbocycles. The molecule has 1 saturated heterocycles. The van der Waals surface area contributed by atoms with Gasteiger partial charge in [0.1, 0.15) is 0 Å². The van der Waals surface area contributed by atoms with E-state index in [-0.39, 0.29) is 11.9 Å². The van der Waals surface area contributed by atoms with Crippen molar-refractivity contribution in [2.24, 2.45) is 0 Å². The normalized spacial score (nSPS) is 15.2. The number of rotatable bonds is 6. The van der Waals surface area contributed by atoms with Crippen molar-refractivity contribution in [2.75, 3.05) is 6.54 Å². The Balaban J connectivity index is 1.65. The molecule has 2 heterocycles. The highest BCUT2D eigenvalue weighted by Gasteiger charge is 2.30. The Morgan fingerprint density at radius 1 is 1.04 bits per heavy atom. The van der Waals surface area contributed by atoms with E-state index < -0.39 is 0 Å². The third kappa shape index (κ3) is 3.84. The first-order valence-electron chi connectivity index (χ1n) is 9.98. The second-order valence-electron chi connectivity index (χ2n) is 7.49. The maximum Gasteiger partial charge on any atom is 0.223 e. The Kier molecular flexibility index (Phi) is 5.24. The Morgan fingerprint density at radius 3 is 2.46 bits per heavy atom. The quantitative estimate of drug-likeness (QED) is 0.654. The van der Waals surface area contributed by atoms with Gasteiger partial charge in [0.2, 0.25) is 5.91 Å². The van der Waals surface area contributed by atoms with Crippen LogP contribution in [0.5, 0.6) is 0 Å². The molecule has 1 aromatic heterocycles. The third-order valence-electron chi connectivity index (χ3n) is 5.39. The molecule has 1 atom stereocenters. The van der Waals surface area contributed by atoms with Gasteiger partial charge in [-0.3, -0.25) is 4.79 Å². The number of hydrogen-bond donors (Lipinski definition) is 0. The molecule has 0 unspecified atom stereocenters. The second kappa shape index (κ2) is 7.97. The Bertz CT molecular complexity index is 946. The molecule has 1 aliphatic rings. The monoisotopic (exact) mass is 374 g/mol. The Hall–Kier alpha value is -2.95. The van der Waals surface area contributed by atoms with Gasteiger partial charge in [-0.25, -0.2) is 9.67 Å². The molecule has 4 rings (SSSR count). The van der Waals surface area contributed by atoms with Crippen molar-refractivity contribution >= 4 is 5.91 Å². The highest BCUT2D eigenvalue weighted by molar-refractivity contribution is 5.78. The lowest BCUT2D eigenvalue weighted by Gasteiger charge is -2.23. The Morgan fingerprint density at radius 2 is 1.79 bits per heavy atom. The number of carbonyl (C=O) groups excluding carboxylic acids is 1. The molecular weight excluding hydrogens is 348 g/mol. The van der Waals surface area contributed by atoms with E-state index in [0.29, 0.717) is 6.42 Å². The molecule has 5 nitrogen and oxygen atoms in total. The predicted octanol–water partition coefficient (Wildman–Crippen LogP) is 4.04. The standard InChI is InChI=1S/C23H26N4O/c1-17-10-13-20(14-11-17)27-23(18(2)26-16-6-9-22(26)28)24-21(25-27)15-12-19-7-4-3-5-8-19/h3-5,7-8,10-11,13-14,18H,6,9,12,15-16H2,1-2H3/t18-/m0/s1. The number of carbonyl (C=O) groups is 1. The van der Waals surface area contributed by atoms with E-state index in [1.54, 1.807) is 0 Å². The first-order valence-corrected chi connectivity index (χ1v) is 9.98. The molecule has 0 bridgehead atoms. The smallest absolute Gasteiger partial charge is 0.223 e. The minimum absolute atomic E-state index is 0.0886. The zero-order valence-corrected chi connectivity index (χ0v) is 16.5. The van der Waals surface area contributed by atoms with Crippen LogP contribution in [-0.4, -0.2) is 32.1 Å². The molecule has 1 aliphatic heterocycles. The summed E-state index contributed by atoms with van der Waals surface area (Å²) in [6, 6.07) is 18.6. The number of benzene rings is 2. The zero-order chi connectivity index (χ0) is 19.5. The van der Waals surface area contributed by atoms with Gasteiger partial charge < -0.3 is 4.90 Å². The van der Waals surface area contributed by atoms with E-state index in [2.05, 4.69) is 62.4 Å². The van der Waals surface area contributed by atoms with Crippen molar-refractivity contribution in [1.29, 1.82) is 0 Å². The summed E-state index contributed by atoms with van der Waals surface area (Å²) in [7, 11) is 0. The molecule has 0 radical (unpaired) electrons. The van der Waals surface area contributed by atoms with E-state index in [1.807, 2.05) is 15.6 Å². The van der Waals surface area contributed by atoms with Gasteiger partial charge in [-0.2, -0.15) is 5.10 Å². The summed E-state index contributed by atoms with van der Waals surface area (Å²) in [5.74, 6) is 1.86. The van der Waals surface area contributed by atoms with Crippen molar-refractivity contribution in [3.63, 3.8) is 0 Å². The van der Waals surface area contributed by atoms with Gasteiger partial charge in [-0.15, -0.1) is 0 Å². The number of aromatic nitrogens is 3. The summed E-state index contributed by atoms with van der Waals surface area (Å²) >= 11 is 0. The molecule has 0 spiro atoms. The van der Waals surface area contributed by atoms with Crippen LogP contribution in [0.25, 0.3) is 5.69 Å². The van der Waals surface area contributed by atoms with Crippen LogP contribution >= 0.6 is 0 Å². The summed E-state index contributed by atoms with van der Waals surface area (Å²) in [4.78, 5) is 19.1. The van der Waals surface area contributed by atoms with Crippen LogP contribution in [0.4, 0.5) is 0 Å². The van der Waals surface area contributed by atoms with Gasteiger partial charge in [0.15, 0.2) is 11.6 Å². The largest absolute Gasteiger partial charge is 0.333 e. The van der Waals surface area contributed by atoms with Crippen LogP contribution in [0.1, 0.15) is 48.6 Å². The summed E-state index contributed by atoms with van der Waals surface area (Å²) in [5, 5.41) is 4.81. The Labute approximate surface area is 166 Å². The van der Waals surface area contributed by atoms with E-state index >= 15 is 0 Å². The molecular formula is C23H26N4O. The van der Waals surface area contributed by atoms with Gasteiger partial charge in [-0.1, -0.05) is 48.0 Å². The first-order chi connectivity index (χ1) is 13.6. The van der Waals surface area contributed by atoms with Crippen LogP contribution in [0.15, 0.2) is 54.6 Å². The third-order valence-corrected chi connectivity index (χ3v) is 5.39. The molecule has 144 valence electrons. The molecule has 3 aromatic rings. The van der Waals surface area contributed by atoms with Crippen LogP contribution in [-0.2, 0) is 17.6 Å². The molecule has 28 heavy (non-hydrogen) atoms. The van der Waals surface area contributed by atoms with Gasteiger partial charge in [-0.05, 0) is 44.4 Å². The lowest BCUT2D eigenvalue weighted by Crippen LogP contribution is -2.29. The van der Waals surface area contributed by atoms with E-state index in [4.69, 9.17) is 10.1 Å². The van der Waals surface area contributed by atoms with Crippen LogP contribution in [0.3, 0.4) is 0 Å². The number of likely N-dealkylation sites (tertiary alicyclic amines) is 1. The minimum Gasteiger partial charge on any atom is -0.333 e. The maximum absolute atomic E-state index is 12.3. The lowest BCUT2D eigenvalue weighted by molar-refractivity contribution is -0.129. The molecule has 0 saturated carbocycles. The van der Waals surface area contributed by atoms with E-state index in [1.165, 1.54) is 11.1 Å². The molecule has 1 fully saturated rings. The fourth-order valence-electron chi connectivity index (χ4n) is 3.74. The zero-order valence-electron chi connectivity index (χ0n) is 16.5. The highest BCUT2D eigenvalue weighted by Crippen LogP contribution is 2.26. The van der Waals surface area contributed by atoms with Crippen LogP contribution in [0, 0.1) is 6.92 Å². The summed E-state index contributed by atoms with van der Waals surface area (Å²) in [5.41, 5.74) is 3.47. The molecule has 2 aromatic carbocycles. The fraction of sp³-hybridized carbons (Fsp3) is 0.348. The molecule has 0 N–H and O–H groups in total. The van der Waals surface area contributed by atoms with Gasteiger partial charge in [0.25, 0.3) is 0 Å². The SMILES string of the molecule is Cc1ccc(-n2nc(CCc3ccccc3)nc2[C@H](C)N2CCCC2=O)cc1. The van der Waals surface area contributed by atoms with Gasteiger partial charge >= 0.3 is 0 Å². The second-order valence-corrected chi connectivity index (χ2v) is 7.49. The van der Waals surface area contributed by atoms with Crippen molar-refractivity contribution in [3.8, 4) is 5.69 Å². The minimum atomic E-state index is -0.0886. The predicted molar refractivity (Wildman–Crippen MR) is 109 cm³/mol. The summed E-state index contributed by atoms with van der Waals surface area (Å²) in [6.07, 6.45) is 3.22. The van der Waals surface area contributed by atoms with Gasteiger partial charge in [0, 0.05) is 19.4 Å². The lowest BCUT2D eigenvalue weighted by atomic mass is 10.1. The molecule has 1 amide bonds. The fourth-order valence-corrected chi connectivity index (χ4v) is 3.74. The van der Waals surface area contributed by atoms with Crippen molar-refractivity contribution in [2.45, 2.75) is 45.6 Å². The first kappa shape index (κ1) is 18.4. The van der Waals surface area contributed by atoms with E-state index in [0.717, 1.165) is 43.1 Å². The topological polar surface area (TPSA) is 51.0 Å². The van der Waals surface area contributed by atoms with Crippen molar-refractivity contribution < 1.29 is 4.79 Å². The maximum atomic E-state index is 12.3. The van der Waals surface area contributed by atoms with Crippen molar-refractivity contribution in [1.82, 2.24) is 19.7 Å². The molecule has 5 heteroatoms. The highest BCUT2D eigenvalue weighted by atomic mass is 16.2. The number of amides is 1. The van der Waals surface area contributed by atoms with E-state index in [9.17, 15) is 4.79 Å². The number of aryl methyl sites for hydroxylation is 3. The average molecular weight is 374 g/mol. The average Bonchev–Trinajstić information content (AvgIpc) is 3.34.